The molecule has 31 heavy (non-hydrogen) atoms. The van der Waals surface area contributed by atoms with Gasteiger partial charge >= 0.3 is 0 Å². The normalized spacial score (nSPS) is 36.2. The smallest absolute Gasteiger partial charge is 0.262 e. The zero-order valence-electron chi connectivity index (χ0n) is 17.7. The molecule has 5 aliphatic carbocycles. The minimum Gasteiger partial charge on any atom is -0.369 e. The highest BCUT2D eigenvalue weighted by Gasteiger charge is 2.59. The highest BCUT2D eigenvalue weighted by atomic mass is 32.2. The molecule has 0 saturated heterocycles. The van der Waals surface area contributed by atoms with Crippen LogP contribution in [-0.2, 0) is 20.9 Å². The number of nitrogens with two attached hydrogens (primary N) is 1. The molecule has 6 rings (SSSR count). The lowest BCUT2D eigenvalue weighted by Gasteiger charge is -2.59. The van der Waals surface area contributed by atoms with Crippen molar-refractivity contribution in [2.24, 2.45) is 28.9 Å². The summed E-state index contributed by atoms with van der Waals surface area (Å²) in [7, 11) is 0. The molecule has 168 valence electrons. The molecule has 3 unspecified atom stereocenters. The predicted molar refractivity (Wildman–Crippen MR) is 118 cm³/mol. The average Bonchev–Trinajstić information content (AvgIpc) is 3.21. The third-order valence-electron chi connectivity index (χ3n) is 8.48. The first-order valence-electron chi connectivity index (χ1n) is 11.4. The molecular weight excluding hydrogens is 414 g/mol. The van der Waals surface area contributed by atoms with Crippen molar-refractivity contribution < 1.29 is 18.4 Å². The standard InChI is InChI=1S/C23H31N3O4S/c24-20(27)22-12-15-10-16(13-22)19(17(11-15)14-22)25-21(28)23(8-4-5-9-23)26(31(29)30)18-6-2-1-3-7-18/h1-3,6-7,15-17,19H,4-5,8-14H2,(H2,24,27)(H,25,28)(H,29,30). The van der Waals surface area contributed by atoms with Crippen LogP contribution in [-0.4, -0.2) is 32.2 Å². The van der Waals surface area contributed by atoms with Crippen molar-refractivity contribution in [1.82, 2.24) is 5.32 Å². The first-order valence-corrected chi connectivity index (χ1v) is 12.5. The summed E-state index contributed by atoms with van der Waals surface area (Å²) in [5, 5.41) is 3.33. The van der Waals surface area contributed by atoms with Gasteiger partial charge < -0.3 is 11.1 Å². The van der Waals surface area contributed by atoms with Gasteiger partial charge in [0.1, 0.15) is 5.54 Å². The number of carbonyl (C=O) groups is 2. The molecular formula is C23H31N3O4S. The van der Waals surface area contributed by atoms with E-state index in [1.807, 2.05) is 18.2 Å². The molecule has 1 aromatic carbocycles. The summed E-state index contributed by atoms with van der Waals surface area (Å²) in [6, 6.07) is 9.06. The van der Waals surface area contributed by atoms with E-state index in [0.29, 0.717) is 24.4 Å². The zero-order chi connectivity index (χ0) is 21.8. The fraction of sp³-hybridized carbons (Fsp3) is 0.652. The number of carbonyl (C=O) groups excluding carboxylic acids is 2. The molecule has 5 saturated carbocycles. The van der Waals surface area contributed by atoms with Crippen molar-refractivity contribution in [2.75, 3.05) is 4.31 Å². The van der Waals surface area contributed by atoms with Gasteiger partial charge in [0, 0.05) is 11.5 Å². The second kappa shape index (κ2) is 7.59. The zero-order valence-corrected chi connectivity index (χ0v) is 18.5. The third kappa shape index (κ3) is 3.30. The second-order valence-corrected chi connectivity index (χ2v) is 11.0. The van der Waals surface area contributed by atoms with Gasteiger partial charge in [-0.1, -0.05) is 31.0 Å². The van der Waals surface area contributed by atoms with Crippen molar-refractivity contribution in [3.8, 4) is 0 Å². The van der Waals surface area contributed by atoms with Gasteiger partial charge in [-0.05, 0) is 74.8 Å². The molecule has 4 bridgehead atoms. The van der Waals surface area contributed by atoms with Crippen LogP contribution in [0.1, 0.15) is 57.8 Å². The Bertz CT molecular complexity index is 885. The summed E-state index contributed by atoms with van der Waals surface area (Å²) in [5.41, 5.74) is 4.96. The van der Waals surface area contributed by atoms with Gasteiger partial charge in [0.25, 0.3) is 11.3 Å². The van der Waals surface area contributed by atoms with Crippen LogP contribution in [0.4, 0.5) is 5.69 Å². The minimum absolute atomic E-state index is 0.0127. The van der Waals surface area contributed by atoms with Crippen LogP contribution in [0.5, 0.6) is 0 Å². The topological polar surface area (TPSA) is 113 Å². The predicted octanol–water partition coefficient (Wildman–Crippen LogP) is 2.74. The van der Waals surface area contributed by atoms with Crippen molar-refractivity contribution in [1.29, 1.82) is 0 Å². The van der Waals surface area contributed by atoms with Crippen LogP contribution in [0, 0.1) is 23.2 Å². The van der Waals surface area contributed by atoms with E-state index in [0.717, 1.165) is 44.9 Å². The fourth-order valence-corrected chi connectivity index (χ4v) is 8.25. The van der Waals surface area contributed by atoms with E-state index in [2.05, 4.69) is 5.32 Å². The Kier molecular flexibility index (Phi) is 5.13. The van der Waals surface area contributed by atoms with Gasteiger partial charge in [0.2, 0.25) is 11.8 Å². The maximum atomic E-state index is 13.8. The highest BCUT2D eigenvalue weighted by molar-refractivity contribution is 7.80. The molecule has 5 aliphatic rings. The minimum atomic E-state index is -2.32. The molecule has 8 heteroatoms. The van der Waals surface area contributed by atoms with Gasteiger partial charge in [-0.3, -0.25) is 18.4 Å². The van der Waals surface area contributed by atoms with Crippen LogP contribution in [0.3, 0.4) is 0 Å². The SMILES string of the molecule is NC(=O)C12CC3CC(C1)C(NC(=O)C1(N(c4ccccc4)S(=O)O)CCCC1)C(C3)C2. The lowest BCUT2D eigenvalue weighted by Crippen LogP contribution is -2.66. The Morgan fingerprint density at radius 3 is 2.23 bits per heavy atom. The maximum absolute atomic E-state index is 13.8. The average molecular weight is 446 g/mol. The van der Waals surface area contributed by atoms with Crippen LogP contribution < -0.4 is 15.4 Å². The van der Waals surface area contributed by atoms with Gasteiger partial charge in [-0.15, -0.1) is 0 Å². The maximum Gasteiger partial charge on any atom is 0.262 e. The number of benzene rings is 1. The van der Waals surface area contributed by atoms with E-state index in [1.165, 1.54) is 4.31 Å². The molecule has 0 heterocycles. The molecule has 7 nitrogen and oxygen atoms in total. The third-order valence-corrected chi connectivity index (χ3v) is 9.36. The molecule has 0 radical (unpaired) electrons. The largest absolute Gasteiger partial charge is 0.369 e. The number of anilines is 1. The quantitative estimate of drug-likeness (QED) is 0.584. The molecule has 0 aromatic heterocycles. The van der Waals surface area contributed by atoms with Crippen molar-refractivity contribution in [3.63, 3.8) is 0 Å². The monoisotopic (exact) mass is 445 g/mol. The van der Waals surface area contributed by atoms with Crippen molar-refractivity contribution in [2.45, 2.75) is 69.4 Å². The summed E-state index contributed by atoms with van der Waals surface area (Å²) < 4.78 is 24.1. The molecule has 2 amide bonds. The summed E-state index contributed by atoms with van der Waals surface area (Å²) >= 11 is -2.32. The lowest BCUT2D eigenvalue weighted by atomic mass is 9.47. The number of hydrogen-bond acceptors (Lipinski definition) is 3. The van der Waals surface area contributed by atoms with Crippen molar-refractivity contribution >= 4 is 28.8 Å². The van der Waals surface area contributed by atoms with Gasteiger partial charge in [0.15, 0.2) is 0 Å². The van der Waals surface area contributed by atoms with E-state index in [-0.39, 0.29) is 29.7 Å². The van der Waals surface area contributed by atoms with Gasteiger partial charge in [0.05, 0.1) is 5.69 Å². The first kappa shape index (κ1) is 20.9. The number of primary amides is 1. The van der Waals surface area contributed by atoms with Crippen LogP contribution in [0.2, 0.25) is 0 Å². The Hall–Kier alpha value is -1.93. The molecule has 4 N–H and O–H groups in total. The molecule has 1 aromatic rings. The van der Waals surface area contributed by atoms with Gasteiger partial charge in [-0.25, -0.2) is 4.21 Å². The molecule has 0 spiro atoms. The Labute approximate surface area is 185 Å². The number of nitrogens with zero attached hydrogens (tertiary/aromatic N) is 1. The van der Waals surface area contributed by atoms with Crippen LogP contribution in [0.25, 0.3) is 0 Å². The summed E-state index contributed by atoms with van der Waals surface area (Å²) in [6.07, 6.45) is 7.24. The van der Waals surface area contributed by atoms with Crippen LogP contribution >= 0.6 is 0 Å². The number of nitrogens with one attached hydrogen (secondary N) is 1. The van der Waals surface area contributed by atoms with Crippen LogP contribution in [0.15, 0.2) is 30.3 Å². The van der Waals surface area contributed by atoms with E-state index in [1.54, 1.807) is 12.1 Å². The Morgan fingerprint density at radius 1 is 1.06 bits per heavy atom. The van der Waals surface area contributed by atoms with E-state index < -0.39 is 22.2 Å². The number of hydrogen-bond donors (Lipinski definition) is 3. The summed E-state index contributed by atoms with van der Waals surface area (Å²) in [6.45, 7) is 0. The Morgan fingerprint density at radius 2 is 1.68 bits per heavy atom. The van der Waals surface area contributed by atoms with E-state index in [4.69, 9.17) is 5.73 Å². The van der Waals surface area contributed by atoms with E-state index in [9.17, 15) is 18.4 Å². The summed E-state index contributed by atoms with van der Waals surface area (Å²) in [5.74, 6) is 0.693. The highest BCUT2D eigenvalue weighted by Crippen LogP contribution is 2.60. The first-order chi connectivity index (χ1) is 14.8. The molecule has 0 aliphatic heterocycles. The number of amides is 2. The second-order valence-electron chi connectivity index (χ2n) is 10.2. The van der Waals surface area contributed by atoms with E-state index >= 15 is 0 Å². The lowest BCUT2D eigenvalue weighted by molar-refractivity contribution is -0.148. The van der Waals surface area contributed by atoms with Crippen molar-refractivity contribution in [3.05, 3.63) is 30.3 Å². The molecule has 5 fully saturated rings. The fourth-order valence-electron chi connectivity index (χ4n) is 7.38. The molecule has 3 atom stereocenters. The number of para-hydroxylation sites is 1. The van der Waals surface area contributed by atoms with Gasteiger partial charge in [-0.2, -0.15) is 0 Å². The number of rotatable bonds is 6. The summed E-state index contributed by atoms with van der Waals surface area (Å²) in [4.78, 5) is 26.0. The Balaban J connectivity index is 1.42.